The van der Waals surface area contributed by atoms with E-state index in [1.807, 2.05) is 0 Å². The molecule has 0 radical (unpaired) electrons. The average Bonchev–Trinajstić information content (AvgIpc) is 3.17. The molecule has 1 saturated heterocycles. The van der Waals surface area contributed by atoms with Crippen molar-refractivity contribution in [1.82, 2.24) is 5.32 Å². The summed E-state index contributed by atoms with van der Waals surface area (Å²) in [7, 11) is 0. The molecule has 0 aromatic carbocycles. The van der Waals surface area contributed by atoms with Gasteiger partial charge in [-0.15, -0.1) is 0 Å². The summed E-state index contributed by atoms with van der Waals surface area (Å²) in [5.41, 5.74) is 0. The molecule has 3 heteroatoms. The van der Waals surface area contributed by atoms with E-state index in [4.69, 9.17) is 0 Å². The quantitative estimate of drug-likeness (QED) is 0.755. The van der Waals surface area contributed by atoms with Crippen molar-refractivity contribution in [3.63, 3.8) is 0 Å². The van der Waals surface area contributed by atoms with Gasteiger partial charge in [0.2, 0.25) is 0 Å². The molecule has 0 amide bonds. The Labute approximate surface area is 122 Å². The van der Waals surface area contributed by atoms with Gasteiger partial charge in [-0.25, -0.2) is 0 Å². The van der Waals surface area contributed by atoms with E-state index in [1.54, 1.807) is 0 Å². The lowest BCUT2D eigenvalue weighted by Crippen LogP contribution is -2.43. The Bertz CT molecular complexity index is 243. The molecule has 1 saturated carbocycles. The van der Waals surface area contributed by atoms with Crippen molar-refractivity contribution in [2.75, 3.05) is 12.3 Å². The number of hydrogen-bond acceptors (Lipinski definition) is 3. The molecule has 0 bridgehead atoms. The van der Waals surface area contributed by atoms with Crippen molar-refractivity contribution in [3.05, 3.63) is 0 Å². The third kappa shape index (κ3) is 4.64. The standard InChI is InChI=1S/C15H29NS2/c1-4-9-16-14(8-7-13-5-6-13)15-10-17-11(2)12(3)18-15/h11-16H,4-10H2,1-3H3. The first-order valence-corrected chi connectivity index (χ1v) is 9.70. The van der Waals surface area contributed by atoms with Crippen molar-refractivity contribution in [2.45, 2.75) is 74.7 Å². The van der Waals surface area contributed by atoms with Gasteiger partial charge in [-0.1, -0.05) is 33.6 Å². The molecule has 1 nitrogen and oxygen atoms in total. The zero-order valence-electron chi connectivity index (χ0n) is 12.2. The molecular formula is C15H29NS2. The van der Waals surface area contributed by atoms with E-state index in [0.29, 0.717) is 0 Å². The Hall–Kier alpha value is 0.660. The van der Waals surface area contributed by atoms with Crippen LogP contribution in [-0.2, 0) is 0 Å². The second kappa shape index (κ2) is 7.44. The minimum absolute atomic E-state index is 0.762. The van der Waals surface area contributed by atoms with Crippen molar-refractivity contribution in [1.29, 1.82) is 0 Å². The molecule has 0 aromatic heterocycles. The monoisotopic (exact) mass is 287 g/mol. The topological polar surface area (TPSA) is 12.0 Å². The van der Waals surface area contributed by atoms with Crippen LogP contribution in [0, 0.1) is 5.92 Å². The Kier molecular flexibility index (Phi) is 6.23. The molecule has 2 aliphatic rings. The number of hydrogen-bond donors (Lipinski definition) is 1. The fourth-order valence-electron chi connectivity index (χ4n) is 2.59. The van der Waals surface area contributed by atoms with Crippen LogP contribution in [0.1, 0.15) is 52.9 Å². The molecule has 1 aliphatic carbocycles. The molecule has 4 atom stereocenters. The molecule has 2 fully saturated rings. The van der Waals surface area contributed by atoms with E-state index < -0.39 is 0 Å². The lowest BCUT2D eigenvalue weighted by atomic mass is 10.1. The van der Waals surface area contributed by atoms with Crippen LogP contribution >= 0.6 is 23.5 Å². The maximum absolute atomic E-state index is 3.82. The third-order valence-electron chi connectivity index (χ3n) is 4.26. The molecule has 106 valence electrons. The zero-order chi connectivity index (χ0) is 13.0. The minimum Gasteiger partial charge on any atom is -0.313 e. The van der Waals surface area contributed by atoms with E-state index in [1.165, 1.54) is 44.4 Å². The predicted molar refractivity (Wildman–Crippen MR) is 86.8 cm³/mol. The van der Waals surface area contributed by atoms with Crippen molar-refractivity contribution in [2.24, 2.45) is 5.92 Å². The van der Waals surface area contributed by atoms with Crippen LogP contribution in [-0.4, -0.2) is 34.1 Å². The fourth-order valence-corrected chi connectivity index (χ4v) is 5.76. The number of nitrogens with one attached hydrogen (secondary N) is 1. The smallest absolute Gasteiger partial charge is 0.0294 e. The van der Waals surface area contributed by atoms with Gasteiger partial charge < -0.3 is 5.32 Å². The maximum Gasteiger partial charge on any atom is 0.0294 e. The van der Waals surface area contributed by atoms with Crippen molar-refractivity contribution < 1.29 is 0 Å². The van der Waals surface area contributed by atoms with Gasteiger partial charge in [0.15, 0.2) is 0 Å². The van der Waals surface area contributed by atoms with Gasteiger partial charge in [0.05, 0.1) is 0 Å². The van der Waals surface area contributed by atoms with E-state index in [9.17, 15) is 0 Å². The van der Waals surface area contributed by atoms with E-state index in [-0.39, 0.29) is 0 Å². The Morgan fingerprint density at radius 3 is 2.61 bits per heavy atom. The molecule has 0 spiro atoms. The van der Waals surface area contributed by atoms with Crippen LogP contribution in [0.2, 0.25) is 0 Å². The first kappa shape index (κ1) is 15.1. The number of thioether (sulfide) groups is 2. The van der Waals surface area contributed by atoms with Crippen LogP contribution < -0.4 is 5.32 Å². The molecular weight excluding hydrogens is 258 g/mol. The highest BCUT2D eigenvalue weighted by Gasteiger charge is 2.32. The SMILES string of the molecule is CCCNC(CCC1CC1)C1CSC(C)C(C)S1. The lowest BCUT2D eigenvalue weighted by Gasteiger charge is -2.36. The molecule has 2 rings (SSSR count). The van der Waals surface area contributed by atoms with E-state index in [2.05, 4.69) is 49.6 Å². The fraction of sp³-hybridized carbons (Fsp3) is 1.00. The molecule has 1 heterocycles. The molecule has 0 aromatic rings. The molecule has 4 unspecified atom stereocenters. The summed E-state index contributed by atoms with van der Waals surface area (Å²) in [5.74, 6) is 2.43. The second-order valence-electron chi connectivity index (χ2n) is 6.00. The van der Waals surface area contributed by atoms with Gasteiger partial charge in [0.25, 0.3) is 0 Å². The summed E-state index contributed by atoms with van der Waals surface area (Å²) in [6, 6.07) is 0.762. The van der Waals surface area contributed by atoms with Crippen LogP contribution in [0.4, 0.5) is 0 Å². The Morgan fingerprint density at radius 1 is 1.22 bits per heavy atom. The van der Waals surface area contributed by atoms with Crippen LogP contribution in [0.15, 0.2) is 0 Å². The number of rotatable bonds is 7. The highest BCUT2D eigenvalue weighted by molar-refractivity contribution is 8.07. The van der Waals surface area contributed by atoms with Gasteiger partial charge in [0.1, 0.15) is 0 Å². The molecule has 1 aliphatic heterocycles. The van der Waals surface area contributed by atoms with E-state index >= 15 is 0 Å². The Balaban J connectivity index is 1.81. The van der Waals surface area contributed by atoms with Crippen molar-refractivity contribution >= 4 is 23.5 Å². The van der Waals surface area contributed by atoms with Crippen LogP contribution in [0.3, 0.4) is 0 Å². The minimum atomic E-state index is 0.762. The Morgan fingerprint density at radius 2 is 2.00 bits per heavy atom. The predicted octanol–water partition coefficient (Wildman–Crippen LogP) is 4.17. The van der Waals surface area contributed by atoms with Gasteiger partial charge >= 0.3 is 0 Å². The first-order valence-electron chi connectivity index (χ1n) is 7.71. The lowest BCUT2D eigenvalue weighted by molar-refractivity contribution is 0.452. The van der Waals surface area contributed by atoms with E-state index in [0.717, 1.165) is 27.7 Å². The van der Waals surface area contributed by atoms with Gasteiger partial charge in [-0.05, 0) is 31.7 Å². The van der Waals surface area contributed by atoms with Crippen LogP contribution in [0.5, 0.6) is 0 Å². The van der Waals surface area contributed by atoms with Crippen LogP contribution in [0.25, 0.3) is 0 Å². The second-order valence-corrected chi connectivity index (χ2v) is 9.03. The largest absolute Gasteiger partial charge is 0.313 e. The maximum atomic E-state index is 3.82. The summed E-state index contributed by atoms with van der Waals surface area (Å²) in [5, 5.41) is 6.32. The highest BCUT2D eigenvalue weighted by atomic mass is 32.2. The third-order valence-corrected chi connectivity index (χ3v) is 7.81. The van der Waals surface area contributed by atoms with Gasteiger partial charge in [0, 0.05) is 27.5 Å². The summed E-state index contributed by atoms with van der Waals surface area (Å²) >= 11 is 4.43. The highest BCUT2D eigenvalue weighted by Crippen LogP contribution is 2.39. The summed E-state index contributed by atoms with van der Waals surface area (Å²) in [6.45, 7) is 8.27. The van der Waals surface area contributed by atoms with Gasteiger partial charge in [-0.2, -0.15) is 23.5 Å². The van der Waals surface area contributed by atoms with Crippen molar-refractivity contribution in [3.8, 4) is 0 Å². The average molecular weight is 288 g/mol. The molecule has 1 N–H and O–H groups in total. The molecule has 18 heavy (non-hydrogen) atoms. The normalized spacial score (nSPS) is 34.5. The summed E-state index contributed by atoms with van der Waals surface area (Å²) in [6.07, 6.45) is 7.13. The summed E-state index contributed by atoms with van der Waals surface area (Å²) in [4.78, 5) is 0. The summed E-state index contributed by atoms with van der Waals surface area (Å²) < 4.78 is 0. The first-order chi connectivity index (χ1) is 8.70. The van der Waals surface area contributed by atoms with Gasteiger partial charge in [-0.3, -0.25) is 0 Å². The zero-order valence-corrected chi connectivity index (χ0v) is 13.8.